The maximum atomic E-state index is 13.6. The summed E-state index contributed by atoms with van der Waals surface area (Å²) in [7, 11) is 0. The van der Waals surface area contributed by atoms with E-state index >= 15 is 0 Å². The van der Waals surface area contributed by atoms with E-state index in [1.165, 1.54) is 23.2 Å². The van der Waals surface area contributed by atoms with Gasteiger partial charge in [-0.1, -0.05) is 36.0 Å². The fourth-order valence-corrected chi connectivity index (χ4v) is 6.12. The summed E-state index contributed by atoms with van der Waals surface area (Å²) in [6, 6.07) is 12.5. The molecule has 0 radical (unpaired) electrons. The zero-order valence-corrected chi connectivity index (χ0v) is 24.7. The van der Waals surface area contributed by atoms with Gasteiger partial charge in [-0.15, -0.1) is 11.3 Å². The van der Waals surface area contributed by atoms with Gasteiger partial charge in [-0.2, -0.15) is 0 Å². The Labute approximate surface area is 249 Å². The standard InChI is InChI=1S/C28H28N2O10S2/c1-15(31)36-14-22-23(37-16(2)32)24(38-17(3)33)25(39-18(4)34)27(40-22)42-28-29-21(13-20-11-8-12-41-20)26(35)30(28)19-9-6-5-7-10-19/h5-13,22-25,27H,14H2,1-4H3/b21-13-/t22-,23+,24-,25+,27-/m0/s1. The number of para-hydroxylation sites is 1. The summed E-state index contributed by atoms with van der Waals surface area (Å²) in [5.74, 6) is -3.23. The number of amides is 1. The van der Waals surface area contributed by atoms with Crippen LogP contribution in [-0.4, -0.2) is 71.4 Å². The molecule has 42 heavy (non-hydrogen) atoms. The highest BCUT2D eigenvalue weighted by Gasteiger charge is 2.53. The third-order valence-electron chi connectivity index (χ3n) is 5.84. The molecule has 0 spiro atoms. The summed E-state index contributed by atoms with van der Waals surface area (Å²) in [6.45, 7) is 4.28. The maximum Gasteiger partial charge on any atom is 0.303 e. The molecule has 2 aromatic rings. The van der Waals surface area contributed by atoms with Crippen LogP contribution in [0, 0.1) is 0 Å². The van der Waals surface area contributed by atoms with Gasteiger partial charge in [0.2, 0.25) is 0 Å². The first-order valence-electron chi connectivity index (χ1n) is 12.7. The first kappa shape index (κ1) is 30.9. The first-order chi connectivity index (χ1) is 20.0. The summed E-state index contributed by atoms with van der Waals surface area (Å²) in [5.41, 5.74) is -0.465. The number of benzene rings is 1. The van der Waals surface area contributed by atoms with Crippen molar-refractivity contribution in [1.29, 1.82) is 0 Å². The number of carbonyl (C=O) groups is 5. The zero-order valence-electron chi connectivity index (χ0n) is 23.1. The van der Waals surface area contributed by atoms with E-state index in [0.717, 1.165) is 37.4 Å². The van der Waals surface area contributed by atoms with Crippen LogP contribution in [0.1, 0.15) is 32.6 Å². The van der Waals surface area contributed by atoms with Gasteiger partial charge in [0, 0.05) is 32.6 Å². The number of hydrogen-bond acceptors (Lipinski definition) is 13. The molecule has 2 aliphatic rings. The van der Waals surface area contributed by atoms with Crippen molar-refractivity contribution in [3.05, 3.63) is 58.4 Å². The van der Waals surface area contributed by atoms with E-state index in [2.05, 4.69) is 4.99 Å². The number of esters is 4. The van der Waals surface area contributed by atoms with E-state index < -0.39 is 59.6 Å². The van der Waals surface area contributed by atoms with E-state index in [1.54, 1.807) is 36.4 Å². The largest absolute Gasteiger partial charge is 0.463 e. The molecule has 2 aliphatic heterocycles. The van der Waals surface area contributed by atoms with Crippen molar-refractivity contribution in [2.75, 3.05) is 11.5 Å². The molecular formula is C28H28N2O10S2. The van der Waals surface area contributed by atoms with E-state index in [4.69, 9.17) is 23.7 Å². The molecule has 5 atom stereocenters. The lowest BCUT2D eigenvalue weighted by molar-refractivity contribution is -0.237. The van der Waals surface area contributed by atoms with Crippen LogP contribution in [-0.2, 0) is 47.7 Å². The monoisotopic (exact) mass is 616 g/mol. The fourth-order valence-electron chi connectivity index (χ4n) is 4.28. The lowest BCUT2D eigenvalue weighted by Crippen LogP contribution is -2.61. The molecule has 1 amide bonds. The fraction of sp³-hybridized carbons (Fsp3) is 0.357. The summed E-state index contributed by atoms with van der Waals surface area (Å²) in [4.78, 5) is 68.4. The third-order valence-corrected chi connectivity index (χ3v) is 7.75. The second kappa shape index (κ2) is 13.8. The second-order valence-electron chi connectivity index (χ2n) is 9.10. The van der Waals surface area contributed by atoms with Crippen LogP contribution in [0.2, 0.25) is 0 Å². The molecule has 12 nitrogen and oxygen atoms in total. The maximum absolute atomic E-state index is 13.6. The Kier molecular flexibility index (Phi) is 10.1. The molecule has 0 aliphatic carbocycles. The second-order valence-corrected chi connectivity index (χ2v) is 11.1. The van der Waals surface area contributed by atoms with Gasteiger partial charge in [0.15, 0.2) is 28.9 Å². The number of thiophene rings is 1. The van der Waals surface area contributed by atoms with Crippen LogP contribution in [0.5, 0.6) is 0 Å². The Morgan fingerprint density at radius 2 is 1.55 bits per heavy atom. The van der Waals surface area contributed by atoms with E-state index in [0.29, 0.717) is 5.69 Å². The summed E-state index contributed by atoms with van der Waals surface area (Å²) >= 11 is 2.37. The van der Waals surface area contributed by atoms with Crippen molar-refractivity contribution in [2.24, 2.45) is 4.99 Å². The van der Waals surface area contributed by atoms with Gasteiger partial charge in [0.1, 0.15) is 18.4 Å². The molecule has 222 valence electrons. The Bertz CT molecular complexity index is 1390. The molecule has 4 rings (SSSR count). The van der Waals surface area contributed by atoms with Crippen LogP contribution in [0.15, 0.2) is 58.5 Å². The lowest BCUT2D eigenvalue weighted by Gasteiger charge is -2.44. The van der Waals surface area contributed by atoms with Crippen molar-refractivity contribution in [3.63, 3.8) is 0 Å². The number of carbonyl (C=O) groups excluding carboxylic acids is 5. The molecule has 3 heterocycles. The summed E-state index contributed by atoms with van der Waals surface area (Å²) in [5, 5.41) is 2.06. The molecule has 0 saturated carbocycles. The number of nitrogens with zero attached hydrogens (tertiary/aromatic N) is 2. The Hall–Kier alpha value is -4.01. The number of thioether (sulfide) groups is 1. The SMILES string of the molecule is CC(=O)OC[C@@H]1O[C@@H](SC2=N/C(=C\c3cccs3)C(=O)N2c2ccccc2)[C@H](OC(C)=O)[C@@H](OC(C)=O)[C@@H]1OC(C)=O. The molecule has 1 saturated heterocycles. The van der Waals surface area contributed by atoms with Gasteiger partial charge in [-0.25, -0.2) is 4.99 Å². The average Bonchev–Trinajstić information content (AvgIpc) is 3.54. The minimum atomic E-state index is -1.34. The third kappa shape index (κ3) is 7.63. The molecule has 1 fully saturated rings. The predicted octanol–water partition coefficient (Wildman–Crippen LogP) is 3.31. The number of anilines is 1. The number of ether oxygens (including phenoxy) is 5. The van der Waals surface area contributed by atoms with Gasteiger partial charge >= 0.3 is 23.9 Å². The topological polar surface area (TPSA) is 147 Å². The van der Waals surface area contributed by atoms with Crippen LogP contribution < -0.4 is 4.90 Å². The van der Waals surface area contributed by atoms with Gasteiger partial charge in [0.05, 0.1) is 5.69 Å². The highest BCUT2D eigenvalue weighted by Crippen LogP contribution is 2.38. The van der Waals surface area contributed by atoms with Crippen LogP contribution in [0.3, 0.4) is 0 Å². The highest BCUT2D eigenvalue weighted by molar-refractivity contribution is 8.14. The van der Waals surface area contributed by atoms with Crippen molar-refractivity contribution in [2.45, 2.75) is 57.5 Å². The minimum absolute atomic E-state index is 0.162. The molecular weight excluding hydrogens is 588 g/mol. The normalized spacial score (nSPS) is 24.6. The average molecular weight is 617 g/mol. The Balaban J connectivity index is 1.77. The summed E-state index contributed by atoms with van der Waals surface area (Å²) < 4.78 is 27.9. The van der Waals surface area contributed by atoms with Crippen molar-refractivity contribution >= 4 is 69.8 Å². The molecule has 0 bridgehead atoms. The summed E-state index contributed by atoms with van der Waals surface area (Å²) in [6.07, 6.45) is -3.42. The van der Waals surface area contributed by atoms with Gasteiger partial charge in [-0.3, -0.25) is 28.9 Å². The molecule has 1 aromatic heterocycles. The van der Waals surface area contributed by atoms with Crippen molar-refractivity contribution in [3.8, 4) is 0 Å². The van der Waals surface area contributed by atoms with Gasteiger partial charge in [-0.05, 0) is 29.7 Å². The van der Waals surface area contributed by atoms with E-state index in [1.807, 2.05) is 17.5 Å². The van der Waals surface area contributed by atoms with Gasteiger partial charge in [0.25, 0.3) is 5.91 Å². The quantitative estimate of drug-likeness (QED) is 0.244. The van der Waals surface area contributed by atoms with E-state index in [9.17, 15) is 24.0 Å². The van der Waals surface area contributed by atoms with Crippen molar-refractivity contribution in [1.82, 2.24) is 0 Å². The lowest BCUT2D eigenvalue weighted by atomic mass is 9.99. The van der Waals surface area contributed by atoms with E-state index in [-0.39, 0.29) is 17.5 Å². The van der Waals surface area contributed by atoms with Crippen LogP contribution in [0.4, 0.5) is 5.69 Å². The van der Waals surface area contributed by atoms with Crippen molar-refractivity contribution < 1.29 is 47.7 Å². The highest BCUT2D eigenvalue weighted by atomic mass is 32.2. The number of amidine groups is 1. The first-order valence-corrected chi connectivity index (χ1v) is 14.5. The smallest absolute Gasteiger partial charge is 0.303 e. The predicted molar refractivity (Wildman–Crippen MR) is 153 cm³/mol. The van der Waals surface area contributed by atoms with Gasteiger partial charge < -0.3 is 23.7 Å². The molecule has 1 aromatic carbocycles. The van der Waals surface area contributed by atoms with Crippen LogP contribution in [0.25, 0.3) is 6.08 Å². The Morgan fingerprint density at radius 1 is 0.905 bits per heavy atom. The molecule has 14 heteroatoms. The molecule has 0 N–H and O–H groups in total. The zero-order chi connectivity index (χ0) is 30.4. The number of rotatable bonds is 8. The minimum Gasteiger partial charge on any atom is -0.463 e. The number of aliphatic imine (C=N–C) groups is 1. The molecule has 0 unspecified atom stereocenters. The number of hydrogen-bond donors (Lipinski definition) is 0. The Morgan fingerprint density at radius 3 is 2.14 bits per heavy atom. The van der Waals surface area contributed by atoms with Crippen LogP contribution >= 0.6 is 23.1 Å².